The van der Waals surface area contributed by atoms with Gasteiger partial charge >= 0.3 is 0 Å². The van der Waals surface area contributed by atoms with Crippen LogP contribution in [0.3, 0.4) is 0 Å². The molecule has 0 N–H and O–H groups in total. The molecule has 21 heavy (non-hydrogen) atoms. The first-order chi connectivity index (χ1) is 9.10. The Balaban J connectivity index is 0.00000220. The second-order valence-corrected chi connectivity index (χ2v) is 7.38. The van der Waals surface area contributed by atoms with Gasteiger partial charge in [-0.05, 0) is 39.0 Å². The lowest BCUT2D eigenvalue weighted by Crippen LogP contribution is -2.27. The number of aliphatic imine (C=N–C) groups is 1. The van der Waals surface area contributed by atoms with Crippen LogP contribution in [-0.4, -0.2) is 37.0 Å². The SMILES string of the molecule is CN(C)C(=NC(C)(C)C)c1ccc2c(c1)C(C)(C)CO2.Cl. The van der Waals surface area contributed by atoms with E-state index in [1.54, 1.807) is 0 Å². The van der Waals surface area contributed by atoms with Crippen molar-refractivity contribution in [3.05, 3.63) is 29.3 Å². The van der Waals surface area contributed by atoms with Crippen molar-refractivity contribution in [2.75, 3.05) is 20.7 Å². The highest BCUT2D eigenvalue weighted by molar-refractivity contribution is 5.99. The van der Waals surface area contributed by atoms with Crippen molar-refractivity contribution in [2.24, 2.45) is 4.99 Å². The number of rotatable bonds is 1. The fraction of sp³-hybridized carbons (Fsp3) is 0.588. The summed E-state index contributed by atoms with van der Waals surface area (Å²) in [7, 11) is 4.08. The molecule has 0 fully saturated rings. The van der Waals surface area contributed by atoms with E-state index in [0.29, 0.717) is 0 Å². The van der Waals surface area contributed by atoms with Gasteiger partial charge in [-0.25, -0.2) is 0 Å². The number of nitrogens with zero attached hydrogens (tertiary/aromatic N) is 2. The van der Waals surface area contributed by atoms with E-state index in [1.807, 2.05) is 14.1 Å². The molecule has 1 aliphatic heterocycles. The van der Waals surface area contributed by atoms with Crippen LogP contribution in [0.1, 0.15) is 45.7 Å². The fourth-order valence-corrected chi connectivity index (χ4v) is 2.40. The monoisotopic (exact) mass is 310 g/mol. The minimum absolute atomic E-state index is 0. The van der Waals surface area contributed by atoms with Crippen molar-refractivity contribution >= 4 is 18.2 Å². The molecule has 4 heteroatoms. The Bertz CT molecular complexity index is 542. The highest BCUT2D eigenvalue weighted by atomic mass is 35.5. The maximum atomic E-state index is 5.76. The molecule has 118 valence electrons. The topological polar surface area (TPSA) is 24.8 Å². The molecule has 0 unspecified atom stereocenters. The summed E-state index contributed by atoms with van der Waals surface area (Å²) in [5.74, 6) is 2.02. The highest BCUT2D eigenvalue weighted by Crippen LogP contribution is 2.38. The van der Waals surface area contributed by atoms with Gasteiger partial charge in [-0.3, -0.25) is 4.99 Å². The van der Waals surface area contributed by atoms with Gasteiger partial charge in [0.2, 0.25) is 0 Å². The second kappa shape index (κ2) is 5.88. The molecule has 1 aromatic carbocycles. The van der Waals surface area contributed by atoms with Gasteiger partial charge < -0.3 is 9.64 Å². The van der Waals surface area contributed by atoms with Crippen molar-refractivity contribution in [3.8, 4) is 5.75 Å². The summed E-state index contributed by atoms with van der Waals surface area (Å²) in [4.78, 5) is 6.93. The average Bonchev–Trinajstić information content (AvgIpc) is 2.61. The second-order valence-electron chi connectivity index (χ2n) is 7.38. The lowest BCUT2D eigenvalue weighted by molar-refractivity contribution is 0.291. The molecule has 0 bridgehead atoms. The van der Waals surface area contributed by atoms with Crippen molar-refractivity contribution < 1.29 is 4.74 Å². The number of fused-ring (bicyclic) bond motifs is 1. The molecule has 0 amide bonds. The lowest BCUT2D eigenvalue weighted by Gasteiger charge is -2.23. The van der Waals surface area contributed by atoms with E-state index in [4.69, 9.17) is 9.73 Å². The molecule has 0 atom stereocenters. The summed E-state index contributed by atoms with van der Waals surface area (Å²) < 4.78 is 5.76. The van der Waals surface area contributed by atoms with Crippen LogP contribution in [0.2, 0.25) is 0 Å². The van der Waals surface area contributed by atoms with Crippen molar-refractivity contribution in [1.82, 2.24) is 4.90 Å². The van der Waals surface area contributed by atoms with Gasteiger partial charge in [0.25, 0.3) is 0 Å². The minimum atomic E-state index is -0.0926. The average molecular weight is 311 g/mol. The van der Waals surface area contributed by atoms with Gasteiger partial charge in [-0.1, -0.05) is 13.8 Å². The normalized spacial score (nSPS) is 16.8. The van der Waals surface area contributed by atoms with Gasteiger partial charge in [0.05, 0.1) is 12.1 Å². The number of hydrogen-bond donors (Lipinski definition) is 0. The van der Waals surface area contributed by atoms with Crippen LogP contribution in [0.5, 0.6) is 5.75 Å². The maximum Gasteiger partial charge on any atom is 0.130 e. The third kappa shape index (κ3) is 3.91. The van der Waals surface area contributed by atoms with E-state index in [1.165, 1.54) is 5.56 Å². The predicted molar refractivity (Wildman–Crippen MR) is 92.2 cm³/mol. The number of hydrogen-bond acceptors (Lipinski definition) is 2. The van der Waals surface area contributed by atoms with Gasteiger partial charge in [0.15, 0.2) is 0 Å². The third-order valence-electron chi connectivity index (χ3n) is 3.42. The van der Waals surface area contributed by atoms with Gasteiger partial charge in [0, 0.05) is 30.6 Å². The summed E-state index contributed by atoms with van der Waals surface area (Å²) in [5.41, 5.74) is 2.41. The first-order valence-electron chi connectivity index (χ1n) is 7.15. The van der Waals surface area contributed by atoms with Crippen molar-refractivity contribution in [3.63, 3.8) is 0 Å². The Labute approximate surface area is 134 Å². The quantitative estimate of drug-likeness (QED) is 0.581. The van der Waals surface area contributed by atoms with E-state index in [2.05, 4.69) is 57.7 Å². The van der Waals surface area contributed by atoms with E-state index < -0.39 is 0 Å². The zero-order valence-electron chi connectivity index (χ0n) is 14.2. The van der Waals surface area contributed by atoms with Crippen LogP contribution in [0.4, 0.5) is 0 Å². The van der Waals surface area contributed by atoms with Gasteiger partial charge in [-0.15, -0.1) is 12.4 Å². The number of ether oxygens (including phenoxy) is 1. The van der Waals surface area contributed by atoms with Crippen LogP contribution in [0.25, 0.3) is 0 Å². The fourth-order valence-electron chi connectivity index (χ4n) is 2.40. The van der Waals surface area contributed by atoms with Crippen LogP contribution < -0.4 is 4.74 Å². The molecule has 3 nitrogen and oxygen atoms in total. The van der Waals surface area contributed by atoms with E-state index >= 15 is 0 Å². The molecule has 0 radical (unpaired) electrons. The van der Waals surface area contributed by atoms with Crippen LogP contribution in [0.15, 0.2) is 23.2 Å². The molecular weight excluding hydrogens is 284 g/mol. The largest absolute Gasteiger partial charge is 0.492 e. The maximum absolute atomic E-state index is 5.76. The van der Waals surface area contributed by atoms with E-state index in [9.17, 15) is 0 Å². The number of amidine groups is 1. The minimum Gasteiger partial charge on any atom is -0.492 e. The molecule has 0 aromatic heterocycles. The Kier molecular flexibility index (Phi) is 4.99. The van der Waals surface area contributed by atoms with E-state index in [-0.39, 0.29) is 23.4 Å². The Morgan fingerprint density at radius 1 is 1.24 bits per heavy atom. The summed E-state index contributed by atoms with van der Waals surface area (Å²) in [5, 5.41) is 0. The lowest BCUT2D eigenvalue weighted by atomic mass is 9.86. The number of benzene rings is 1. The number of halogens is 1. The molecule has 0 aliphatic carbocycles. The predicted octanol–water partition coefficient (Wildman–Crippen LogP) is 3.89. The standard InChI is InChI=1S/C17H26N2O.ClH/c1-16(2,3)18-15(19(6)7)12-8-9-14-13(10-12)17(4,5)11-20-14;/h8-10H,11H2,1-7H3;1H. The summed E-state index contributed by atoms with van der Waals surface area (Å²) in [6, 6.07) is 6.40. The molecule has 0 spiro atoms. The zero-order chi connectivity index (χ0) is 15.1. The van der Waals surface area contributed by atoms with E-state index in [0.717, 1.165) is 23.8 Å². The molecule has 1 aromatic rings. The molecule has 0 saturated carbocycles. The zero-order valence-corrected chi connectivity index (χ0v) is 15.0. The van der Waals surface area contributed by atoms with Gasteiger partial charge in [-0.2, -0.15) is 0 Å². The summed E-state index contributed by atoms with van der Waals surface area (Å²) in [6.45, 7) is 11.6. The molecular formula is C17H27ClN2O. The highest BCUT2D eigenvalue weighted by Gasteiger charge is 2.32. The molecule has 1 heterocycles. The van der Waals surface area contributed by atoms with Crippen molar-refractivity contribution in [1.29, 1.82) is 0 Å². The van der Waals surface area contributed by atoms with Gasteiger partial charge in [0.1, 0.15) is 11.6 Å². The Morgan fingerprint density at radius 3 is 2.38 bits per heavy atom. The summed E-state index contributed by atoms with van der Waals surface area (Å²) in [6.07, 6.45) is 0. The van der Waals surface area contributed by atoms with Crippen LogP contribution >= 0.6 is 12.4 Å². The molecule has 2 rings (SSSR count). The Morgan fingerprint density at radius 2 is 1.86 bits per heavy atom. The molecule has 1 aliphatic rings. The molecule has 0 saturated heterocycles. The smallest absolute Gasteiger partial charge is 0.130 e. The first kappa shape index (κ1) is 17.8. The summed E-state index contributed by atoms with van der Waals surface area (Å²) >= 11 is 0. The first-order valence-corrected chi connectivity index (χ1v) is 7.15. The van der Waals surface area contributed by atoms with Crippen molar-refractivity contribution in [2.45, 2.75) is 45.6 Å². The van der Waals surface area contributed by atoms with Crippen LogP contribution in [0, 0.1) is 0 Å². The third-order valence-corrected chi connectivity index (χ3v) is 3.42. The Hall–Kier alpha value is -1.22. The van der Waals surface area contributed by atoms with Crippen LogP contribution in [-0.2, 0) is 5.41 Å².